The summed E-state index contributed by atoms with van der Waals surface area (Å²) in [4.78, 5) is 26.9. The molecular weight excluding hydrogens is 290 g/mol. The monoisotopic (exact) mass is 311 g/mol. The first-order valence-electron chi connectivity index (χ1n) is 8.46. The van der Waals surface area contributed by atoms with Crippen molar-refractivity contribution in [3.05, 3.63) is 47.5 Å². The molecule has 0 N–H and O–H groups in total. The van der Waals surface area contributed by atoms with Crippen molar-refractivity contribution in [3.63, 3.8) is 0 Å². The minimum atomic E-state index is -0.633. The molecular formula is C19H21NO3. The average Bonchev–Trinajstić information content (AvgIpc) is 2.87. The van der Waals surface area contributed by atoms with Gasteiger partial charge >= 0.3 is 5.97 Å². The molecule has 1 aromatic carbocycles. The maximum Gasteiger partial charge on any atom is 0.339 e. The molecule has 1 fully saturated rings. The van der Waals surface area contributed by atoms with Crippen LogP contribution in [0, 0.1) is 5.92 Å². The van der Waals surface area contributed by atoms with Crippen LogP contribution in [0.1, 0.15) is 48.0 Å². The molecule has 2 aliphatic heterocycles. The highest BCUT2D eigenvalue weighted by molar-refractivity contribution is 5.95. The summed E-state index contributed by atoms with van der Waals surface area (Å²) in [7, 11) is 0. The van der Waals surface area contributed by atoms with Gasteiger partial charge in [0.05, 0.1) is 12.1 Å². The van der Waals surface area contributed by atoms with Gasteiger partial charge < -0.3 is 9.64 Å². The number of amides is 1. The van der Waals surface area contributed by atoms with Crippen LogP contribution < -0.4 is 0 Å². The number of hydrogen-bond acceptors (Lipinski definition) is 3. The Morgan fingerprint density at radius 1 is 1.26 bits per heavy atom. The third-order valence-electron chi connectivity index (χ3n) is 5.31. The second-order valence-electron chi connectivity index (χ2n) is 6.77. The van der Waals surface area contributed by atoms with Gasteiger partial charge in [-0.25, -0.2) is 4.79 Å². The van der Waals surface area contributed by atoms with Crippen molar-refractivity contribution >= 4 is 11.9 Å². The number of hydrogen-bond donors (Lipinski definition) is 0. The standard InChI is InChI=1S/C19H21NO3/c21-17(14-7-2-1-3-8-14)20-12-6-11-19(13-20)16-10-5-4-9-15(16)18(22)23-19/h1-2,4-5,9-10,14H,3,6-8,11-13H2. The van der Waals surface area contributed by atoms with Gasteiger partial charge in [0, 0.05) is 18.0 Å². The number of allylic oxidation sites excluding steroid dienone is 2. The van der Waals surface area contributed by atoms with E-state index in [0.29, 0.717) is 12.1 Å². The van der Waals surface area contributed by atoms with Gasteiger partial charge in [0.2, 0.25) is 5.91 Å². The molecule has 0 bridgehead atoms. The van der Waals surface area contributed by atoms with Crippen LogP contribution in [0.25, 0.3) is 0 Å². The summed E-state index contributed by atoms with van der Waals surface area (Å²) in [6.45, 7) is 1.26. The first-order valence-corrected chi connectivity index (χ1v) is 8.46. The third-order valence-corrected chi connectivity index (χ3v) is 5.31. The molecule has 0 radical (unpaired) electrons. The smallest absolute Gasteiger partial charge is 0.339 e. The van der Waals surface area contributed by atoms with Gasteiger partial charge in [0.1, 0.15) is 0 Å². The van der Waals surface area contributed by atoms with E-state index >= 15 is 0 Å². The average molecular weight is 311 g/mol. The molecule has 1 aromatic rings. The lowest BCUT2D eigenvalue weighted by molar-refractivity contribution is -0.143. The van der Waals surface area contributed by atoms with E-state index in [-0.39, 0.29) is 17.8 Å². The van der Waals surface area contributed by atoms with E-state index in [9.17, 15) is 9.59 Å². The molecule has 3 aliphatic rings. The van der Waals surface area contributed by atoms with Crippen molar-refractivity contribution in [2.75, 3.05) is 13.1 Å². The number of benzene rings is 1. The summed E-state index contributed by atoms with van der Waals surface area (Å²) < 4.78 is 5.78. The molecule has 1 aliphatic carbocycles. The number of carbonyl (C=O) groups excluding carboxylic acids is 2. The zero-order valence-corrected chi connectivity index (χ0v) is 13.2. The van der Waals surface area contributed by atoms with Crippen LogP contribution in [0.3, 0.4) is 0 Å². The number of rotatable bonds is 1. The Morgan fingerprint density at radius 2 is 2.13 bits per heavy atom. The van der Waals surface area contributed by atoms with E-state index in [2.05, 4.69) is 12.2 Å². The molecule has 2 unspecified atom stereocenters. The molecule has 1 saturated heterocycles. The van der Waals surface area contributed by atoms with Crippen molar-refractivity contribution in [2.24, 2.45) is 5.92 Å². The van der Waals surface area contributed by atoms with Gasteiger partial charge in [-0.05, 0) is 38.2 Å². The zero-order valence-electron chi connectivity index (χ0n) is 13.2. The molecule has 4 rings (SSSR count). The predicted molar refractivity (Wildman–Crippen MR) is 85.8 cm³/mol. The van der Waals surface area contributed by atoms with E-state index in [1.165, 1.54) is 0 Å². The van der Waals surface area contributed by atoms with Crippen LogP contribution in [0.5, 0.6) is 0 Å². The normalized spacial score (nSPS) is 29.5. The van der Waals surface area contributed by atoms with Crippen molar-refractivity contribution < 1.29 is 14.3 Å². The Balaban J connectivity index is 1.59. The molecule has 0 aromatic heterocycles. The summed E-state index contributed by atoms with van der Waals surface area (Å²) in [5.74, 6) is 0.0480. The lowest BCUT2D eigenvalue weighted by Crippen LogP contribution is -2.50. The van der Waals surface area contributed by atoms with Gasteiger partial charge in [-0.2, -0.15) is 0 Å². The Morgan fingerprint density at radius 3 is 2.96 bits per heavy atom. The Labute approximate surface area is 136 Å². The largest absolute Gasteiger partial charge is 0.449 e. The van der Waals surface area contributed by atoms with E-state index < -0.39 is 5.60 Å². The van der Waals surface area contributed by atoms with Crippen molar-refractivity contribution in [1.29, 1.82) is 0 Å². The van der Waals surface area contributed by atoms with Crippen molar-refractivity contribution in [1.82, 2.24) is 4.90 Å². The lowest BCUT2D eigenvalue weighted by atomic mass is 9.84. The fourth-order valence-electron chi connectivity index (χ4n) is 4.14. The van der Waals surface area contributed by atoms with Gasteiger partial charge in [-0.1, -0.05) is 30.4 Å². The van der Waals surface area contributed by atoms with Crippen LogP contribution in [-0.4, -0.2) is 29.9 Å². The van der Waals surface area contributed by atoms with E-state index in [1.54, 1.807) is 0 Å². The molecule has 0 saturated carbocycles. The van der Waals surface area contributed by atoms with Gasteiger partial charge in [-0.15, -0.1) is 0 Å². The van der Waals surface area contributed by atoms with Crippen molar-refractivity contribution in [3.8, 4) is 0 Å². The second-order valence-corrected chi connectivity index (χ2v) is 6.77. The molecule has 1 spiro atoms. The van der Waals surface area contributed by atoms with Gasteiger partial charge in [0.25, 0.3) is 0 Å². The second kappa shape index (κ2) is 5.52. The van der Waals surface area contributed by atoms with Crippen LogP contribution in [-0.2, 0) is 15.1 Å². The summed E-state index contributed by atoms with van der Waals surface area (Å²) >= 11 is 0. The highest BCUT2D eigenvalue weighted by Gasteiger charge is 2.49. The summed E-state index contributed by atoms with van der Waals surface area (Å²) in [5, 5.41) is 0. The fraction of sp³-hybridized carbons (Fsp3) is 0.474. The zero-order chi connectivity index (χ0) is 15.9. The fourth-order valence-corrected chi connectivity index (χ4v) is 4.14. The van der Waals surface area contributed by atoms with Gasteiger partial charge in [0.15, 0.2) is 5.60 Å². The van der Waals surface area contributed by atoms with E-state index in [0.717, 1.165) is 44.2 Å². The van der Waals surface area contributed by atoms with Crippen LogP contribution in [0.2, 0.25) is 0 Å². The summed E-state index contributed by atoms with van der Waals surface area (Å²) in [6, 6.07) is 7.59. The molecule has 120 valence electrons. The molecule has 2 heterocycles. The van der Waals surface area contributed by atoms with Crippen LogP contribution in [0.4, 0.5) is 0 Å². The number of esters is 1. The number of piperidine rings is 1. The number of nitrogens with zero attached hydrogens (tertiary/aromatic N) is 1. The molecule has 4 heteroatoms. The molecule has 1 amide bonds. The first kappa shape index (κ1) is 14.5. The highest BCUT2D eigenvalue weighted by Crippen LogP contribution is 2.43. The number of fused-ring (bicyclic) bond motifs is 2. The summed E-state index contributed by atoms with van der Waals surface area (Å²) in [6.07, 6.45) is 8.66. The third kappa shape index (κ3) is 2.37. The highest BCUT2D eigenvalue weighted by atomic mass is 16.6. The lowest BCUT2D eigenvalue weighted by Gasteiger charge is -2.41. The maximum absolute atomic E-state index is 12.8. The molecule has 2 atom stereocenters. The van der Waals surface area contributed by atoms with Crippen LogP contribution in [0.15, 0.2) is 36.4 Å². The van der Waals surface area contributed by atoms with E-state index in [4.69, 9.17) is 4.74 Å². The first-order chi connectivity index (χ1) is 11.2. The maximum atomic E-state index is 12.8. The number of ether oxygens (including phenoxy) is 1. The topological polar surface area (TPSA) is 46.6 Å². The quantitative estimate of drug-likeness (QED) is 0.591. The Kier molecular flexibility index (Phi) is 3.47. The molecule has 23 heavy (non-hydrogen) atoms. The SMILES string of the molecule is O=C1OC2(CCCN(C(=O)C3CC=CCC3)C2)c2ccccc21. The van der Waals surface area contributed by atoms with Crippen molar-refractivity contribution in [2.45, 2.75) is 37.7 Å². The number of carbonyl (C=O) groups is 2. The summed E-state index contributed by atoms with van der Waals surface area (Å²) in [5.41, 5.74) is 0.972. The predicted octanol–water partition coefficient (Wildman–Crippen LogP) is 3.03. The Bertz CT molecular complexity index is 681. The Hall–Kier alpha value is -2.10. The van der Waals surface area contributed by atoms with Crippen LogP contribution >= 0.6 is 0 Å². The minimum absolute atomic E-state index is 0.0856. The van der Waals surface area contributed by atoms with E-state index in [1.807, 2.05) is 29.2 Å². The minimum Gasteiger partial charge on any atom is -0.449 e. The molecule has 4 nitrogen and oxygen atoms in total. The number of likely N-dealkylation sites (tertiary alicyclic amines) is 1. The van der Waals surface area contributed by atoms with Gasteiger partial charge in [-0.3, -0.25) is 4.79 Å².